The van der Waals surface area contributed by atoms with E-state index in [4.69, 9.17) is 0 Å². The number of para-hydroxylation sites is 1. The summed E-state index contributed by atoms with van der Waals surface area (Å²) in [6, 6.07) is 6.69. The van der Waals surface area contributed by atoms with Crippen LogP contribution in [-0.4, -0.2) is 17.6 Å². The smallest absolute Gasteiger partial charge is 0.255 e. The topological polar surface area (TPSA) is 49.3 Å². The van der Waals surface area contributed by atoms with Crippen molar-refractivity contribution < 1.29 is 9.90 Å². The minimum atomic E-state index is -0.181. The van der Waals surface area contributed by atoms with Crippen LogP contribution < -0.4 is 5.32 Å². The van der Waals surface area contributed by atoms with Gasteiger partial charge in [0.25, 0.3) is 5.91 Å². The minimum Gasteiger partial charge on any atom is -0.507 e. The van der Waals surface area contributed by atoms with Crippen LogP contribution in [0.2, 0.25) is 0 Å². The van der Waals surface area contributed by atoms with E-state index in [2.05, 4.69) is 12.2 Å². The van der Waals surface area contributed by atoms with E-state index in [1.165, 1.54) is 103 Å². The Balaban J connectivity index is 1.78. The standard InChI is InChI=1S/C26H45NO2/c1-2-3-4-5-6-7-8-9-10-11-12-13-14-15-16-17-20-23-27-26(29)24-21-18-19-22-25(24)28/h18-19,21-22,28H,2-17,20,23H2,1H3,(H,27,29). The summed E-state index contributed by atoms with van der Waals surface area (Å²) in [6.07, 6.45) is 23.1. The monoisotopic (exact) mass is 403 g/mol. The molecule has 0 radical (unpaired) electrons. The van der Waals surface area contributed by atoms with E-state index in [9.17, 15) is 9.90 Å². The van der Waals surface area contributed by atoms with E-state index >= 15 is 0 Å². The summed E-state index contributed by atoms with van der Waals surface area (Å²) in [5.41, 5.74) is 0.361. The van der Waals surface area contributed by atoms with Gasteiger partial charge >= 0.3 is 0 Å². The number of hydrogen-bond donors (Lipinski definition) is 2. The number of phenols is 1. The molecule has 0 aliphatic rings. The molecule has 0 spiro atoms. The van der Waals surface area contributed by atoms with Crippen molar-refractivity contribution in [2.75, 3.05) is 6.54 Å². The number of benzene rings is 1. The van der Waals surface area contributed by atoms with Crippen molar-refractivity contribution in [2.24, 2.45) is 0 Å². The third kappa shape index (κ3) is 14.2. The van der Waals surface area contributed by atoms with Gasteiger partial charge in [0.05, 0.1) is 5.56 Å². The molecule has 166 valence electrons. The molecule has 0 saturated heterocycles. The Morgan fingerprint density at radius 3 is 1.55 bits per heavy atom. The molecule has 0 aliphatic heterocycles. The van der Waals surface area contributed by atoms with Crippen LogP contribution in [0.4, 0.5) is 0 Å². The Hall–Kier alpha value is -1.51. The first-order chi connectivity index (χ1) is 14.3. The molecule has 29 heavy (non-hydrogen) atoms. The summed E-state index contributed by atoms with van der Waals surface area (Å²) in [4.78, 5) is 12.0. The van der Waals surface area contributed by atoms with Gasteiger partial charge in [0.15, 0.2) is 0 Å². The van der Waals surface area contributed by atoms with Crippen molar-refractivity contribution in [1.29, 1.82) is 0 Å². The van der Waals surface area contributed by atoms with Crippen LogP contribution in [0.1, 0.15) is 126 Å². The first-order valence-corrected chi connectivity index (χ1v) is 12.3. The van der Waals surface area contributed by atoms with Gasteiger partial charge in [-0.1, -0.05) is 122 Å². The number of carbonyl (C=O) groups excluding carboxylic acids is 1. The molecule has 1 amide bonds. The summed E-state index contributed by atoms with van der Waals surface area (Å²) in [6.45, 7) is 2.97. The summed E-state index contributed by atoms with van der Waals surface area (Å²) in [5, 5.41) is 12.6. The van der Waals surface area contributed by atoms with E-state index in [1.807, 2.05) is 0 Å². The average Bonchev–Trinajstić information content (AvgIpc) is 2.73. The van der Waals surface area contributed by atoms with Crippen molar-refractivity contribution in [3.63, 3.8) is 0 Å². The van der Waals surface area contributed by atoms with Gasteiger partial charge in [-0.3, -0.25) is 4.79 Å². The largest absolute Gasteiger partial charge is 0.507 e. The predicted octanol–water partition coefficient (Wildman–Crippen LogP) is 7.77. The highest BCUT2D eigenvalue weighted by Gasteiger charge is 2.08. The van der Waals surface area contributed by atoms with Crippen LogP contribution in [0.3, 0.4) is 0 Å². The summed E-state index contributed by atoms with van der Waals surface area (Å²) >= 11 is 0. The molecular formula is C26H45NO2. The first-order valence-electron chi connectivity index (χ1n) is 12.3. The average molecular weight is 404 g/mol. The summed E-state index contributed by atoms with van der Waals surface area (Å²) in [7, 11) is 0. The minimum absolute atomic E-state index is 0.0485. The van der Waals surface area contributed by atoms with Gasteiger partial charge in [0, 0.05) is 6.54 Å². The number of aromatic hydroxyl groups is 1. The fourth-order valence-electron chi connectivity index (χ4n) is 3.81. The zero-order valence-corrected chi connectivity index (χ0v) is 18.9. The van der Waals surface area contributed by atoms with Gasteiger partial charge in [-0.05, 0) is 18.6 Å². The van der Waals surface area contributed by atoms with Crippen molar-refractivity contribution in [1.82, 2.24) is 5.32 Å². The highest BCUT2D eigenvalue weighted by Crippen LogP contribution is 2.16. The number of hydrogen-bond acceptors (Lipinski definition) is 2. The lowest BCUT2D eigenvalue weighted by Crippen LogP contribution is -2.24. The maximum atomic E-state index is 12.0. The maximum absolute atomic E-state index is 12.0. The predicted molar refractivity (Wildman–Crippen MR) is 125 cm³/mol. The third-order valence-corrected chi connectivity index (χ3v) is 5.71. The molecule has 1 aromatic rings. The fraction of sp³-hybridized carbons (Fsp3) is 0.731. The number of carbonyl (C=O) groups is 1. The Kier molecular flexibility index (Phi) is 16.3. The van der Waals surface area contributed by atoms with Crippen LogP contribution in [0.25, 0.3) is 0 Å². The third-order valence-electron chi connectivity index (χ3n) is 5.71. The molecule has 3 nitrogen and oxygen atoms in total. The number of rotatable bonds is 19. The SMILES string of the molecule is CCCCCCCCCCCCCCCCCCCNC(=O)c1ccccc1O. The molecule has 0 heterocycles. The van der Waals surface area contributed by atoms with Gasteiger partial charge in [0.2, 0.25) is 0 Å². The molecule has 0 unspecified atom stereocenters. The molecule has 0 aliphatic carbocycles. The zero-order valence-electron chi connectivity index (χ0n) is 18.9. The maximum Gasteiger partial charge on any atom is 0.255 e. The van der Waals surface area contributed by atoms with Gasteiger partial charge in [-0.15, -0.1) is 0 Å². The van der Waals surface area contributed by atoms with Crippen LogP contribution in [0.5, 0.6) is 5.75 Å². The van der Waals surface area contributed by atoms with Gasteiger partial charge in [-0.2, -0.15) is 0 Å². The highest BCUT2D eigenvalue weighted by atomic mass is 16.3. The highest BCUT2D eigenvalue weighted by molar-refractivity contribution is 5.96. The lowest BCUT2D eigenvalue weighted by molar-refractivity contribution is 0.0950. The van der Waals surface area contributed by atoms with E-state index in [-0.39, 0.29) is 11.7 Å². The van der Waals surface area contributed by atoms with E-state index < -0.39 is 0 Å². The van der Waals surface area contributed by atoms with Gasteiger partial charge in [-0.25, -0.2) is 0 Å². The number of phenolic OH excluding ortho intramolecular Hbond substituents is 1. The summed E-state index contributed by atoms with van der Waals surface area (Å²) in [5.74, 6) is -0.132. The molecule has 0 atom stereocenters. The Morgan fingerprint density at radius 1 is 0.690 bits per heavy atom. The Bertz CT molecular complexity index is 515. The van der Waals surface area contributed by atoms with Gasteiger partial charge < -0.3 is 10.4 Å². The molecule has 0 saturated carbocycles. The van der Waals surface area contributed by atoms with Crippen LogP contribution in [0.15, 0.2) is 24.3 Å². The van der Waals surface area contributed by atoms with E-state index in [0.717, 1.165) is 6.42 Å². The molecule has 0 bridgehead atoms. The van der Waals surface area contributed by atoms with Crippen molar-refractivity contribution in [3.8, 4) is 5.75 Å². The van der Waals surface area contributed by atoms with Crippen molar-refractivity contribution in [2.45, 2.75) is 116 Å². The van der Waals surface area contributed by atoms with E-state index in [0.29, 0.717) is 12.1 Å². The lowest BCUT2D eigenvalue weighted by Gasteiger charge is -2.07. The fourth-order valence-corrected chi connectivity index (χ4v) is 3.81. The number of nitrogens with one attached hydrogen (secondary N) is 1. The van der Waals surface area contributed by atoms with Crippen LogP contribution >= 0.6 is 0 Å². The lowest BCUT2D eigenvalue weighted by atomic mass is 10.0. The van der Waals surface area contributed by atoms with Crippen molar-refractivity contribution >= 4 is 5.91 Å². The number of unbranched alkanes of at least 4 members (excludes halogenated alkanes) is 16. The molecule has 1 aromatic carbocycles. The Morgan fingerprint density at radius 2 is 1.10 bits per heavy atom. The molecule has 2 N–H and O–H groups in total. The molecular weight excluding hydrogens is 358 g/mol. The normalized spacial score (nSPS) is 10.9. The van der Waals surface area contributed by atoms with Crippen LogP contribution in [-0.2, 0) is 0 Å². The van der Waals surface area contributed by atoms with Crippen molar-refractivity contribution in [3.05, 3.63) is 29.8 Å². The quantitative estimate of drug-likeness (QED) is 0.232. The molecule has 3 heteroatoms. The molecule has 0 aromatic heterocycles. The Labute approximate surface area is 179 Å². The van der Waals surface area contributed by atoms with Crippen LogP contribution in [0, 0.1) is 0 Å². The van der Waals surface area contributed by atoms with Gasteiger partial charge in [0.1, 0.15) is 5.75 Å². The second-order valence-corrected chi connectivity index (χ2v) is 8.43. The van der Waals surface area contributed by atoms with E-state index in [1.54, 1.807) is 24.3 Å². The number of amides is 1. The summed E-state index contributed by atoms with van der Waals surface area (Å²) < 4.78 is 0. The second-order valence-electron chi connectivity index (χ2n) is 8.43. The second kappa shape index (κ2) is 18.5. The first kappa shape index (κ1) is 25.5. The molecule has 1 rings (SSSR count). The molecule has 0 fully saturated rings. The zero-order chi connectivity index (χ0) is 21.0.